The molecule has 0 spiro atoms. The first kappa shape index (κ1) is 23.2. The van der Waals surface area contributed by atoms with Crippen LogP contribution in [-0.2, 0) is 5.54 Å². The first-order valence-electron chi connectivity index (χ1n) is 10.2. The lowest BCUT2D eigenvalue weighted by Crippen LogP contribution is -2.50. The average Bonchev–Trinajstić information content (AvgIpc) is 2.79. The molecule has 176 valence electrons. The zero-order valence-corrected chi connectivity index (χ0v) is 17.8. The Morgan fingerprint density at radius 2 is 1.79 bits per heavy atom. The normalized spacial score (nSPS) is 17.3. The van der Waals surface area contributed by atoms with E-state index in [1.54, 1.807) is 12.1 Å². The van der Waals surface area contributed by atoms with Gasteiger partial charge < -0.3 is 14.8 Å². The number of carbonyl (C=O) groups is 2. The van der Waals surface area contributed by atoms with Crippen molar-refractivity contribution in [1.29, 1.82) is 0 Å². The van der Waals surface area contributed by atoms with Crippen LogP contribution in [0.2, 0.25) is 0 Å². The lowest BCUT2D eigenvalue weighted by Gasteiger charge is -2.39. The second-order valence-electron chi connectivity index (χ2n) is 7.63. The first-order chi connectivity index (χ1) is 16.1. The van der Waals surface area contributed by atoms with Gasteiger partial charge in [0, 0.05) is 23.7 Å². The molecule has 10 heteroatoms. The molecule has 0 saturated carbocycles. The van der Waals surface area contributed by atoms with Gasteiger partial charge in [-0.1, -0.05) is 18.2 Å². The topological polar surface area (TPSA) is 77.5 Å². The summed E-state index contributed by atoms with van der Waals surface area (Å²) in [6.45, 7) is 1.53. The zero-order valence-electron chi connectivity index (χ0n) is 17.8. The van der Waals surface area contributed by atoms with E-state index >= 15 is 0 Å². The smallest absolute Gasteiger partial charge is 0.491 e. The number of halogens is 4. The van der Waals surface area contributed by atoms with E-state index in [2.05, 4.69) is 15.0 Å². The van der Waals surface area contributed by atoms with E-state index in [-0.39, 0.29) is 35.6 Å². The summed E-state index contributed by atoms with van der Waals surface area (Å²) in [6, 6.07) is 12.2. The van der Waals surface area contributed by atoms with Gasteiger partial charge in [0.1, 0.15) is 17.0 Å². The van der Waals surface area contributed by atoms with Gasteiger partial charge in [0.15, 0.2) is 17.3 Å². The van der Waals surface area contributed by atoms with Crippen molar-refractivity contribution in [3.05, 3.63) is 89.0 Å². The minimum absolute atomic E-state index is 0.130. The van der Waals surface area contributed by atoms with Gasteiger partial charge in [-0.25, -0.2) is 4.39 Å². The molecule has 0 fully saturated rings. The van der Waals surface area contributed by atoms with Crippen molar-refractivity contribution in [2.75, 3.05) is 6.61 Å². The summed E-state index contributed by atoms with van der Waals surface area (Å²) in [6.07, 6.45) is -3.46. The van der Waals surface area contributed by atoms with Crippen molar-refractivity contribution in [2.24, 2.45) is 0 Å². The van der Waals surface area contributed by atoms with Gasteiger partial charge in [0.25, 0.3) is 5.91 Å². The number of benzene rings is 2. The number of nitrogens with zero attached hydrogens (tertiary/aromatic N) is 1. The fraction of sp³-hybridized carbons (Fsp3) is 0.208. The van der Waals surface area contributed by atoms with E-state index in [1.165, 1.54) is 43.5 Å². The van der Waals surface area contributed by atoms with Crippen LogP contribution < -0.4 is 14.8 Å². The quantitative estimate of drug-likeness (QED) is 0.426. The van der Waals surface area contributed by atoms with E-state index in [0.717, 1.165) is 12.1 Å². The second kappa shape index (κ2) is 8.77. The number of fused-ring (bicyclic) bond motifs is 1. The molecule has 1 N–H and O–H groups in total. The standard InChI is InChI=1S/C24H18F4N2O4/c1-14(31)15-4-6-16(7-5-15)22(32)30-23(10-12-33-20-3-2-11-29-21(20)23)17-8-9-19(18(25)13-17)34-24(26,27)28/h2-9,11,13H,10,12H2,1H3,(H,30,32)/t23-/m0/s1. The van der Waals surface area contributed by atoms with Crippen LogP contribution in [0.3, 0.4) is 0 Å². The number of ketones is 1. The maximum Gasteiger partial charge on any atom is 0.573 e. The Hall–Kier alpha value is -3.95. The van der Waals surface area contributed by atoms with Crippen molar-refractivity contribution < 1.29 is 36.6 Å². The van der Waals surface area contributed by atoms with E-state index in [9.17, 15) is 27.2 Å². The van der Waals surface area contributed by atoms with Crippen LogP contribution in [-0.4, -0.2) is 29.6 Å². The van der Waals surface area contributed by atoms with Crippen LogP contribution in [0.5, 0.6) is 11.5 Å². The van der Waals surface area contributed by atoms with E-state index < -0.39 is 29.4 Å². The van der Waals surface area contributed by atoms with Gasteiger partial charge in [-0.3, -0.25) is 14.6 Å². The molecule has 4 rings (SSSR count). The zero-order chi connectivity index (χ0) is 24.5. The molecule has 0 radical (unpaired) electrons. The van der Waals surface area contributed by atoms with Crippen molar-refractivity contribution in [3.8, 4) is 11.5 Å². The lowest BCUT2D eigenvalue weighted by molar-refractivity contribution is -0.275. The molecule has 34 heavy (non-hydrogen) atoms. The molecule has 1 atom stereocenters. The van der Waals surface area contributed by atoms with Gasteiger partial charge in [-0.2, -0.15) is 0 Å². The summed E-state index contributed by atoms with van der Waals surface area (Å²) < 4.78 is 61.8. The van der Waals surface area contributed by atoms with E-state index in [0.29, 0.717) is 11.3 Å². The Morgan fingerprint density at radius 3 is 2.44 bits per heavy atom. The van der Waals surface area contributed by atoms with Crippen molar-refractivity contribution in [2.45, 2.75) is 25.2 Å². The number of amides is 1. The molecule has 1 aromatic heterocycles. The number of aromatic nitrogens is 1. The summed E-state index contributed by atoms with van der Waals surface area (Å²) in [5.74, 6) is -2.62. The Labute approximate surface area is 191 Å². The van der Waals surface area contributed by atoms with Gasteiger partial charge in [-0.15, -0.1) is 13.2 Å². The molecule has 0 saturated heterocycles. The third-order valence-electron chi connectivity index (χ3n) is 5.44. The van der Waals surface area contributed by atoms with Crippen LogP contribution in [0.1, 0.15) is 45.3 Å². The molecule has 3 aromatic rings. The number of Topliss-reactive ketones (excluding diaryl/α,β-unsaturated/α-hetero) is 1. The molecule has 6 nitrogen and oxygen atoms in total. The number of carbonyl (C=O) groups excluding carboxylic acids is 2. The summed E-state index contributed by atoms with van der Waals surface area (Å²) >= 11 is 0. The van der Waals surface area contributed by atoms with Gasteiger partial charge in [0.05, 0.1) is 6.61 Å². The number of alkyl halides is 3. The number of rotatable bonds is 5. The molecule has 1 aliphatic heterocycles. The largest absolute Gasteiger partial charge is 0.573 e. The number of nitrogens with one attached hydrogen (secondary N) is 1. The Morgan fingerprint density at radius 1 is 1.09 bits per heavy atom. The summed E-state index contributed by atoms with van der Waals surface area (Å²) in [7, 11) is 0. The second-order valence-corrected chi connectivity index (χ2v) is 7.63. The summed E-state index contributed by atoms with van der Waals surface area (Å²) in [4.78, 5) is 29.0. The number of ether oxygens (including phenoxy) is 2. The molecule has 0 unspecified atom stereocenters. The van der Waals surface area contributed by atoms with Crippen molar-refractivity contribution in [3.63, 3.8) is 0 Å². The van der Waals surface area contributed by atoms with Crippen LogP contribution in [0.4, 0.5) is 17.6 Å². The number of hydrogen-bond acceptors (Lipinski definition) is 5. The fourth-order valence-electron chi connectivity index (χ4n) is 3.83. The van der Waals surface area contributed by atoms with E-state index in [1.807, 2.05) is 0 Å². The first-order valence-corrected chi connectivity index (χ1v) is 10.2. The molecule has 2 heterocycles. The van der Waals surface area contributed by atoms with Crippen LogP contribution in [0.25, 0.3) is 0 Å². The molecular formula is C24H18F4N2O4. The Kier molecular flexibility index (Phi) is 5.99. The third kappa shape index (κ3) is 4.57. The number of pyridine rings is 1. The summed E-state index contributed by atoms with van der Waals surface area (Å²) in [5.41, 5.74) is -0.309. The maximum absolute atomic E-state index is 14.6. The fourth-order valence-corrected chi connectivity index (χ4v) is 3.83. The van der Waals surface area contributed by atoms with Crippen LogP contribution in [0, 0.1) is 5.82 Å². The highest BCUT2D eigenvalue weighted by atomic mass is 19.4. The lowest BCUT2D eigenvalue weighted by atomic mass is 9.81. The third-order valence-corrected chi connectivity index (χ3v) is 5.44. The molecule has 2 aromatic carbocycles. The molecule has 0 aliphatic carbocycles. The SMILES string of the molecule is CC(=O)c1ccc(C(=O)N[C@]2(c3ccc(OC(F)(F)F)c(F)c3)CCOc3cccnc32)cc1. The predicted molar refractivity (Wildman–Crippen MR) is 112 cm³/mol. The monoisotopic (exact) mass is 474 g/mol. The highest BCUT2D eigenvalue weighted by Gasteiger charge is 2.43. The van der Waals surface area contributed by atoms with E-state index in [4.69, 9.17) is 4.74 Å². The molecule has 1 amide bonds. The Balaban J connectivity index is 1.78. The molecule has 1 aliphatic rings. The number of hydrogen-bond donors (Lipinski definition) is 1. The molecular weight excluding hydrogens is 456 g/mol. The molecule has 0 bridgehead atoms. The van der Waals surface area contributed by atoms with Gasteiger partial charge >= 0.3 is 6.36 Å². The minimum Gasteiger partial charge on any atom is -0.491 e. The van der Waals surface area contributed by atoms with Crippen molar-refractivity contribution in [1.82, 2.24) is 10.3 Å². The summed E-state index contributed by atoms with van der Waals surface area (Å²) in [5, 5.41) is 2.87. The highest BCUT2D eigenvalue weighted by Crippen LogP contribution is 2.42. The highest BCUT2D eigenvalue weighted by molar-refractivity contribution is 5.98. The minimum atomic E-state index is -5.06. The maximum atomic E-state index is 14.6. The van der Waals surface area contributed by atoms with Crippen LogP contribution in [0.15, 0.2) is 60.8 Å². The van der Waals surface area contributed by atoms with Crippen molar-refractivity contribution >= 4 is 11.7 Å². The van der Waals surface area contributed by atoms with Gasteiger partial charge in [0.2, 0.25) is 0 Å². The van der Waals surface area contributed by atoms with Crippen LogP contribution >= 0.6 is 0 Å². The predicted octanol–water partition coefficient (Wildman–Crippen LogP) is 4.78. The van der Waals surface area contributed by atoms with Gasteiger partial charge in [-0.05, 0) is 48.9 Å². The average molecular weight is 474 g/mol. The Bertz CT molecular complexity index is 1240.